The maximum absolute atomic E-state index is 4.17. The van der Waals surface area contributed by atoms with E-state index in [-0.39, 0.29) is 0 Å². The number of nitrogens with one attached hydrogen (secondary N) is 2. The SMILES string of the molecule is C=c1nc(Nc2ccn[nH]2)sc1=C. The molecule has 0 aliphatic heterocycles. The third-order valence-corrected chi connectivity index (χ3v) is 2.39. The molecule has 2 rings (SSSR count). The van der Waals surface area contributed by atoms with Crippen molar-refractivity contribution in [1.29, 1.82) is 0 Å². The first-order valence-corrected chi connectivity index (χ1v) is 4.48. The first kappa shape index (κ1) is 8.00. The van der Waals surface area contributed by atoms with Crippen molar-refractivity contribution in [2.75, 3.05) is 5.32 Å². The summed E-state index contributed by atoms with van der Waals surface area (Å²) >= 11 is 1.47. The van der Waals surface area contributed by atoms with Crippen LogP contribution >= 0.6 is 11.3 Å². The van der Waals surface area contributed by atoms with Crippen molar-refractivity contribution in [3.8, 4) is 0 Å². The van der Waals surface area contributed by atoms with Gasteiger partial charge in [-0.2, -0.15) is 5.10 Å². The summed E-state index contributed by atoms with van der Waals surface area (Å²) in [7, 11) is 0. The van der Waals surface area contributed by atoms with Gasteiger partial charge >= 0.3 is 0 Å². The summed E-state index contributed by atoms with van der Waals surface area (Å²) in [5.41, 5.74) is 0. The molecule has 0 saturated heterocycles. The van der Waals surface area contributed by atoms with Crippen molar-refractivity contribution >= 4 is 35.4 Å². The zero-order valence-electron chi connectivity index (χ0n) is 6.87. The van der Waals surface area contributed by atoms with Gasteiger partial charge in [0.1, 0.15) is 5.82 Å². The molecular formula is C8H8N4S. The van der Waals surface area contributed by atoms with Gasteiger partial charge < -0.3 is 5.32 Å². The highest BCUT2D eigenvalue weighted by Crippen LogP contribution is 2.10. The van der Waals surface area contributed by atoms with Crippen molar-refractivity contribution in [2.45, 2.75) is 0 Å². The number of aromatic nitrogens is 3. The molecule has 0 bridgehead atoms. The van der Waals surface area contributed by atoms with Gasteiger partial charge in [0.15, 0.2) is 5.13 Å². The van der Waals surface area contributed by atoms with E-state index in [0.29, 0.717) is 5.35 Å². The largest absolute Gasteiger partial charge is 0.317 e. The average Bonchev–Trinajstić information content (AvgIpc) is 2.64. The molecule has 5 heteroatoms. The van der Waals surface area contributed by atoms with Crippen molar-refractivity contribution in [1.82, 2.24) is 15.2 Å². The molecular weight excluding hydrogens is 184 g/mol. The van der Waals surface area contributed by atoms with Gasteiger partial charge in [-0.05, 0) is 0 Å². The number of rotatable bonds is 2. The van der Waals surface area contributed by atoms with Crippen LogP contribution in [0.3, 0.4) is 0 Å². The van der Waals surface area contributed by atoms with Gasteiger partial charge in [0.2, 0.25) is 0 Å². The lowest BCUT2D eigenvalue weighted by atomic mass is 10.6. The molecule has 2 aromatic rings. The van der Waals surface area contributed by atoms with Crippen molar-refractivity contribution in [3.05, 3.63) is 22.1 Å². The van der Waals surface area contributed by atoms with Gasteiger partial charge in [0.05, 0.1) is 11.5 Å². The highest BCUT2D eigenvalue weighted by Gasteiger charge is 1.98. The molecule has 13 heavy (non-hydrogen) atoms. The van der Waals surface area contributed by atoms with E-state index in [1.54, 1.807) is 6.20 Å². The van der Waals surface area contributed by atoms with Crippen molar-refractivity contribution in [2.24, 2.45) is 0 Å². The highest BCUT2D eigenvalue weighted by atomic mass is 32.1. The van der Waals surface area contributed by atoms with Gasteiger partial charge in [-0.3, -0.25) is 5.10 Å². The van der Waals surface area contributed by atoms with E-state index in [0.717, 1.165) is 15.5 Å². The fourth-order valence-electron chi connectivity index (χ4n) is 0.878. The minimum Gasteiger partial charge on any atom is -0.317 e. The summed E-state index contributed by atoms with van der Waals surface area (Å²) in [6.45, 7) is 7.54. The summed E-state index contributed by atoms with van der Waals surface area (Å²) in [6, 6.07) is 1.83. The summed E-state index contributed by atoms with van der Waals surface area (Å²) < 4.78 is 0.877. The first-order chi connectivity index (χ1) is 6.25. The number of hydrogen-bond donors (Lipinski definition) is 2. The Morgan fingerprint density at radius 1 is 1.46 bits per heavy atom. The lowest BCUT2D eigenvalue weighted by Gasteiger charge is -1.94. The van der Waals surface area contributed by atoms with Crippen LogP contribution < -0.4 is 15.2 Å². The van der Waals surface area contributed by atoms with Gasteiger partial charge in [-0.1, -0.05) is 24.5 Å². The molecule has 0 aliphatic rings. The first-order valence-electron chi connectivity index (χ1n) is 3.67. The molecule has 0 saturated carbocycles. The molecule has 0 unspecified atom stereocenters. The molecule has 0 amide bonds. The molecule has 4 nitrogen and oxygen atoms in total. The summed E-state index contributed by atoms with van der Waals surface area (Å²) in [5, 5.41) is 11.1. The van der Waals surface area contributed by atoms with Crippen molar-refractivity contribution < 1.29 is 0 Å². The van der Waals surface area contributed by atoms with Crippen LogP contribution in [0.4, 0.5) is 10.9 Å². The van der Waals surface area contributed by atoms with Crippen LogP contribution in [0.25, 0.3) is 13.2 Å². The lowest BCUT2D eigenvalue weighted by molar-refractivity contribution is 1.09. The Morgan fingerprint density at radius 2 is 2.31 bits per heavy atom. The van der Waals surface area contributed by atoms with Gasteiger partial charge in [-0.25, -0.2) is 4.98 Å². The van der Waals surface area contributed by atoms with Crippen LogP contribution in [-0.2, 0) is 0 Å². The topological polar surface area (TPSA) is 53.6 Å². The number of aromatic amines is 1. The summed E-state index contributed by atoms with van der Waals surface area (Å²) in [4.78, 5) is 4.17. The minimum atomic E-state index is 0.715. The predicted molar refractivity (Wildman–Crippen MR) is 54.3 cm³/mol. The van der Waals surface area contributed by atoms with Gasteiger partial charge in [-0.15, -0.1) is 0 Å². The van der Waals surface area contributed by atoms with E-state index in [9.17, 15) is 0 Å². The molecule has 0 aliphatic carbocycles. The van der Waals surface area contributed by atoms with Crippen LogP contribution in [0.2, 0.25) is 0 Å². The Bertz CT molecular complexity index is 457. The zero-order valence-corrected chi connectivity index (χ0v) is 7.69. The number of thiazole rings is 1. The van der Waals surface area contributed by atoms with Crippen LogP contribution in [0.5, 0.6) is 0 Å². The molecule has 0 spiro atoms. The van der Waals surface area contributed by atoms with E-state index in [1.807, 2.05) is 6.07 Å². The Hall–Kier alpha value is -1.62. The Morgan fingerprint density at radius 3 is 2.85 bits per heavy atom. The van der Waals surface area contributed by atoms with Crippen LogP contribution in [0.15, 0.2) is 12.3 Å². The fourth-order valence-corrected chi connectivity index (χ4v) is 1.59. The number of anilines is 2. The van der Waals surface area contributed by atoms with Gasteiger partial charge in [0, 0.05) is 10.6 Å². The third-order valence-electron chi connectivity index (χ3n) is 1.52. The van der Waals surface area contributed by atoms with E-state index in [1.165, 1.54) is 11.3 Å². The molecule has 0 radical (unpaired) electrons. The molecule has 0 fully saturated rings. The average molecular weight is 192 g/mol. The molecule has 2 heterocycles. The van der Waals surface area contributed by atoms with Crippen LogP contribution in [-0.4, -0.2) is 15.2 Å². The zero-order chi connectivity index (χ0) is 9.26. The fraction of sp³-hybridized carbons (Fsp3) is 0. The second kappa shape index (κ2) is 3.02. The molecule has 0 atom stereocenters. The van der Waals surface area contributed by atoms with Gasteiger partial charge in [0.25, 0.3) is 0 Å². The lowest BCUT2D eigenvalue weighted by Crippen LogP contribution is -2.16. The Labute approximate surface area is 78.6 Å². The summed E-state index contributed by atoms with van der Waals surface area (Å²) in [5.74, 6) is 0.814. The molecule has 66 valence electrons. The number of nitrogens with zero attached hydrogens (tertiary/aromatic N) is 2. The molecule has 2 aromatic heterocycles. The second-order valence-corrected chi connectivity index (χ2v) is 3.57. The monoisotopic (exact) mass is 192 g/mol. The van der Waals surface area contributed by atoms with Crippen molar-refractivity contribution in [3.63, 3.8) is 0 Å². The van der Waals surface area contributed by atoms with Crippen LogP contribution in [0.1, 0.15) is 0 Å². The van der Waals surface area contributed by atoms with E-state index in [4.69, 9.17) is 0 Å². The molecule has 0 aromatic carbocycles. The Balaban J connectivity index is 2.29. The quantitative estimate of drug-likeness (QED) is 0.725. The number of hydrogen-bond acceptors (Lipinski definition) is 4. The van der Waals surface area contributed by atoms with E-state index < -0.39 is 0 Å². The Kier molecular flexibility index (Phi) is 1.86. The maximum Gasteiger partial charge on any atom is 0.189 e. The van der Waals surface area contributed by atoms with Crippen LogP contribution in [0, 0.1) is 0 Å². The molecule has 2 N–H and O–H groups in total. The normalized spacial score (nSPS) is 10.2. The summed E-state index contributed by atoms with van der Waals surface area (Å²) in [6.07, 6.45) is 1.67. The predicted octanol–water partition coefficient (Wildman–Crippen LogP) is 0.430. The second-order valence-electron chi connectivity index (χ2n) is 2.48. The smallest absolute Gasteiger partial charge is 0.189 e. The minimum absolute atomic E-state index is 0.715. The van der Waals surface area contributed by atoms with E-state index in [2.05, 4.69) is 33.7 Å². The highest BCUT2D eigenvalue weighted by molar-refractivity contribution is 7.13. The maximum atomic E-state index is 4.17. The third kappa shape index (κ3) is 1.59. The van der Waals surface area contributed by atoms with E-state index >= 15 is 0 Å². The number of H-pyrrole nitrogens is 1. The standard InChI is InChI=1S/C8H8N4S/c1-5-6(2)13-8(10-5)11-7-3-4-9-12-7/h3-4H,1-2H2,(H2,9,10,11,12).